The van der Waals surface area contributed by atoms with Gasteiger partial charge in [0.2, 0.25) is 0 Å². The Morgan fingerprint density at radius 1 is 1.25 bits per heavy atom. The minimum Gasteiger partial charge on any atom is -0.496 e. The Bertz CT molecular complexity index is 367. The van der Waals surface area contributed by atoms with Gasteiger partial charge >= 0.3 is 0 Å². The highest BCUT2D eigenvalue weighted by Crippen LogP contribution is 2.28. The largest absolute Gasteiger partial charge is 0.496 e. The zero-order chi connectivity index (χ0) is 11.4. The highest BCUT2D eigenvalue weighted by Gasteiger charge is 2.12. The Morgan fingerprint density at radius 2 is 2.00 bits per heavy atom. The molecular weight excluding hydrogens is 198 g/mol. The van der Waals surface area contributed by atoms with Crippen molar-refractivity contribution in [3.63, 3.8) is 0 Å². The van der Waals surface area contributed by atoms with E-state index in [1.165, 1.54) is 24.9 Å². The normalized spacial score (nSPS) is 15.9. The first-order valence-electron chi connectivity index (χ1n) is 5.90. The van der Waals surface area contributed by atoms with Crippen molar-refractivity contribution in [2.24, 2.45) is 0 Å². The summed E-state index contributed by atoms with van der Waals surface area (Å²) in [4.78, 5) is 2.43. The van der Waals surface area contributed by atoms with Gasteiger partial charge in [0.1, 0.15) is 5.75 Å². The monoisotopic (exact) mass is 217 g/mol. The van der Waals surface area contributed by atoms with Gasteiger partial charge in [-0.25, -0.2) is 0 Å². The SMILES string of the molecule is C=Cc1ccc(N2CCCCC2)cc1OC. The molecular formula is C14H19NO. The van der Waals surface area contributed by atoms with E-state index < -0.39 is 0 Å². The van der Waals surface area contributed by atoms with Crippen molar-refractivity contribution in [2.45, 2.75) is 19.3 Å². The van der Waals surface area contributed by atoms with Crippen LogP contribution in [0.25, 0.3) is 6.08 Å². The van der Waals surface area contributed by atoms with E-state index in [-0.39, 0.29) is 0 Å². The Labute approximate surface area is 97.5 Å². The molecule has 2 rings (SSSR count). The first-order chi connectivity index (χ1) is 7.85. The molecule has 0 bridgehead atoms. The van der Waals surface area contributed by atoms with Crippen molar-refractivity contribution >= 4 is 11.8 Å². The summed E-state index contributed by atoms with van der Waals surface area (Å²) in [5.74, 6) is 0.915. The van der Waals surface area contributed by atoms with Gasteiger partial charge in [0.05, 0.1) is 7.11 Å². The molecule has 2 nitrogen and oxygen atoms in total. The summed E-state index contributed by atoms with van der Waals surface area (Å²) in [6.07, 6.45) is 5.79. The molecule has 1 aliphatic heterocycles. The highest BCUT2D eigenvalue weighted by molar-refractivity contribution is 5.62. The number of hydrogen-bond acceptors (Lipinski definition) is 2. The van der Waals surface area contributed by atoms with Crippen LogP contribution in [0.2, 0.25) is 0 Å². The fourth-order valence-corrected chi connectivity index (χ4v) is 2.22. The topological polar surface area (TPSA) is 12.5 Å². The molecule has 0 unspecified atom stereocenters. The van der Waals surface area contributed by atoms with E-state index >= 15 is 0 Å². The van der Waals surface area contributed by atoms with Gasteiger partial charge in [-0.05, 0) is 31.4 Å². The number of rotatable bonds is 3. The van der Waals surface area contributed by atoms with E-state index in [0.717, 1.165) is 24.4 Å². The zero-order valence-electron chi connectivity index (χ0n) is 9.91. The van der Waals surface area contributed by atoms with Crippen LogP contribution in [0.3, 0.4) is 0 Å². The number of methoxy groups -OCH3 is 1. The van der Waals surface area contributed by atoms with Gasteiger partial charge in [-0.15, -0.1) is 0 Å². The van der Waals surface area contributed by atoms with Crippen molar-refractivity contribution in [3.8, 4) is 5.75 Å². The summed E-state index contributed by atoms with van der Waals surface area (Å²) < 4.78 is 5.37. The molecule has 2 heteroatoms. The smallest absolute Gasteiger partial charge is 0.128 e. The molecule has 0 atom stereocenters. The number of ether oxygens (including phenoxy) is 1. The summed E-state index contributed by atoms with van der Waals surface area (Å²) >= 11 is 0. The van der Waals surface area contributed by atoms with Crippen LogP contribution in [-0.2, 0) is 0 Å². The van der Waals surface area contributed by atoms with Gasteiger partial charge in [-0.2, -0.15) is 0 Å². The second-order valence-electron chi connectivity index (χ2n) is 4.18. The van der Waals surface area contributed by atoms with Crippen molar-refractivity contribution in [3.05, 3.63) is 30.3 Å². The van der Waals surface area contributed by atoms with Crippen molar-refractivity contribution in [2.75, 3.05) is 25.1 Å². The fraction of sp³-hybridized carbons (Fsp3) is 0.429. The fourth-order valence-electron chi connectivity index (χ4n) is 2.22. The lowest BCUT2D eigenvalue weighted by molar-refractivity contribution is 0.413. The Balaban J connectivity index is 2.24. The number of piperidine rings is 1. The lowest BCUT2D eigenvalue weighted by Gasteiger charge is -2.29. The van der Waals surface area contributed by atoms with Crippen LogP contribution in [-0.4, -0.2) is 20.2 Å². The number of anilines is 1. The van der Waals surface area contributed by atoms with Crippen LogP contribution in [0.1, 0.15) is 24.8 Å². The number of benzene rings is 1. The second-order valence-corrected chi connectivity index (χ2v) is 4.18. The minimum absolute atomic E-state index is 0.915. The van der Waals surface area contributed by atoms with E-state index in [9.17, 15) is 0 Å². The predicted octanol–water partition coefficient (Wildman–Crippen LogP) is 3.33. The maximum atomic E-state index is 5.37. The molecule has 0 N–H and O–H groups in total. The molecule has 1 aromatic carbocycles. The average Bonchev–Trinajstić information content (AvgIpc) is 2.39. The van der Waals surface area contributed by atoms with Crippen LogP contribution in [0.5, 0.6) is 5.75 Å². The summed E-state index contributed by atoms with van der Waals surface area (Å²) in [5.41, 5.74) is 2.32. The van der Waals surface area contributed by atoms with Crippen molar-refractivity contribution in [1.82, 2.24) is 0 Å². The molecule has 0 radical (unpaired) electrons. The Kier molecular flexibility index (Phi) is 3.50. The molecule has 86 valence electrons. The van der Waals surface area contributed by atoms with Crippen LogP contribution in [0.4, 0.5) is 5.69 Å². The minimum atomic E-state index is 0.915. The third kappa shape index (κ3) is 2.21. The van der Waals surface area contributed by atoms with Crippen LogP contribution < -0.4 is 9.64 Å². The highest BCUT2D eigenvalue weighted by atomic mass is 16.5. The molecule has 1 saturated heterocycles. The van der Waals surface area contributed by atoms with E-state index in [2.05, 4.69) is 29.7 Å². The van der Waals surface area contributed by atoms with Gasteiger partial charge in [0.15, 0.2) is 0 Å². The number of hydrogen-bond donors (Lipinski definition) is 0. The predicted molar refractivity (Wildman–Crippen MR) is 69.1 cm³/mol. The molecule has 16 heavy (non-hydrogen) atoms. The molecule has 0 amide bonds. The van der Waals surface area contributed by atoms with Gasteiger partial charge < -0.3 is 9.64 Å². The quantitative estimate of drug-likeness (QED) is 0.770. The van der Waals surface area contributed by atoms with E-state index in [0.29, 0.717) is 0 Å². The lowest BCUT2D eigenvalue weighted by Crippen LogP contribution is -2.29. The van der Waals surface area contributed by atoms with Gasteiger partial charge in [0.25, 0.3) is 0 Å². The molecule has 0 aliphatic carbocycles. The zero-order valence-corrected chi connectivity index (χ0v) is 9.91. The Hall–Kier alpha value is -1.44. The summed E-state index contributed by atoms with van der Waals surface area (Å²) in [5, 5.41) is 0. The third-order valence-corrected chi connectivity index (χ3v) is 3.16. The van der Waals surface area contributed by atoms with Gasteiger partial charge in [0, 0.05) is 30.4 Å². The number of nitrogens with zero attached hydrogens (tertiary/aromatic N) is 1. The van der Waals surface area contributed by atoms with E-state index in [1.54, 1.807) is 7.11 Å². The molecule has 1 aliphatic rings. The Morgan fingerprint density at radius 3 is 2.62 bits per heavy atom. The van der Waals surface area contributed by atoms with Crippen molar-refractivity contribution in [1.29, 1.82) is 0 Å². The summed E-state index contributed by atoms with van der Waals surface area (Å²) in [6, 6.07) is 6.35. The molecule has 1 heterocycles. The van der Waals surface area contributed by atoms with Gasteiger partial charge in [-0.3, -0.25) is 0 Å². The molecule has 0 aromatic heterocycles. The van der Waals surface area contributed by atoms with Crippen LogP contribution >= 0.6 is 0 Å². The first-order valence-corrected chi connectivity index (χ1v) is 5.90. The summed E-state index contributed by atoms with van der Waals surface area (Å²) in [6.45, 7) is 6.11. The molecule has 1 aromatic rings. The van der Waals surface area contributed by atoms with E-state index in [1.807, 2.05) is 6.08 Å². The van der Waals surface area contributed by atoms with Crippen LogP contribution in [0.15, 0.2) is 24.8 Å². The third-order valence-electron chi connectivity index (χ3n) is 3.16. The van der Waals surface area contributed by atoms with E-state index in [4.69, 9.17) is 4.74 Å². The second kappa shape index (κ2) is 5.06. The average molecular weight is 217 g/mol. The molecule has 0 spiro atoms. The van der Waals surface area contributed by atoms with Crippen molar-refractivity contribution < 1.29 is 4.74 Å². The van der Waals surface area contributed by atoms with Crippen LogP contribution in [0, 0.1) is 0 Å². The maximum Gasteiger partial charge on any atom is 0.128 e. The van der Waals surface area contributed by atoms with Gasteiger partial charge in [-0.1, -0.05) is 12.7 Å². The molecule has 1 fully saturated rings. The maximum absolute atomic E-state index is 5.37. The lowest BCUT2D eigenvalue weighted by atomic mass is 10.1. The summed E-state index contributed by atoms with van der Waals surface area (Å²) in [7, 11) is 1.71. The first kappa shape index (κ1) is 11.1. The standard InChI is InChI=1S/C14H19NO/c1-3-12-7-8-13(11-14(12)16-2)15-9-5-4-6-10-15/h3,7-8,11H,1,4-6,9-10H2,2H3. The molecule has 0 saturated carbocycles.